The Morgan fingerprint density at radius 3 is 2.72 bits per heavy atom. The highest BCUT2D eigenvalue weighted by Gasteiger charge is 2.31. The second-order valence-corrected chi connectivity index (χ2v) is 8.39. The van der Waals surface area contributed by atoms with E-state index in [0.717, 1.165) is 24.7 Å². The fraction of sp³-hybridized carbons (Fsp3) is 0.667. The minimum atomic E-state index is 0.619. The van der Waals surface area contributed by atoms with Gasteiger partial charge in [0.15, 0.2) is 0 Å². The normalized spacial score (nSPS) is 20.7. The van der Waals surface area contributed by atoms with Crippen LogP contribution >= 0.6 is 0 Å². The molecule has 0 saturated heterocycles. The minimum absolute atomic E-state index is 0.619. The summed E-state index contributed by atoms with van der Waals surface area (Å²) in [6.45, 7) is 14.5. The Labute approximate surface area is 155 Å². The lowest BCUT2D eigenvalue weighted by Crippen LogP contribution is -2.20. The monoisotopic (exact) mass is 342 g/mol. The van der Waals surface area contributed by atoms with E-state index in [1.807, 2.05) is 0 Å². The molecular formula is C24H38O. The number of fused-ring (bicyclic) bond motifs is 1. The largest absolute Gasteiger partial charge is 0.493 e. The lowest BCUT2D eigenvalue weighted by Gasteiger charge is -2.35. The Morgan fingerprint density at radius 1 is 1.28 bits per heavy atom. The van der Waals surface area contributed by atoms with Crippen LogP contribution in [0.3, 0.4) is 0 Å². The van der Waals surface area contributed by atoms with Crippen LogP contribution in [0.4, 0.5) is 0 Å². The van der Waals surface area contributed by atoms with Crippen LogP contribution in [0.5, 0.6) is 5.75 Å². The molecule has 2 rings (SSSR count). The summed E-state index contributed by atoms with van der Waals surface area (Å²) >= 11 is 0. The first-order valence-corrected chi connectivity index (χ1v) is 10.3. The van der Waals surface area contributed by atoms with Gasteiger partial charge in [-0.05, 0) is 87.8 Å². The first-order chi connectivity index (χ1) is 11.9. The van der Waals surface area contributed by atoms with Gasteiger partial charge in [0.2, 0.25) is 0 Å². The first kappa shape index (κ1) is 20.1. The Morgan fingerprint density at radius 2 is 2.04 bits per heavy atom. The van der Waals surface area contributed by atoms with Gasteiger partial charge >= 0.3 is 0 Å². The Kier molecular flexibility index (Phi) is 7.59. The summed E-state index contributed by atoms with van der Waals surface area (Å²) in [5.74, 6) is 3.20. The summed E-state index contributed by atoms with van der Waals surface area (Å²) in [5.41, 5.74) is 5.87. The van der Waals surface area contributed by atoms with Crippen LogP contribution in [-0.4, -0.2) is 6.61 Å². The third kappa shape index (κ3) is 5.36. The molecule has 0 aromatic heterocycles. The molecule has 0 unspecified atom stereocenters. The van der Waals surface area contributed by atoms with Gasteiger partial charge in [0.25, 0.3) is 0 Å². The van der Waals surface area contributed by atoms with Crippen molar-refractivity contribution in [2.75, 3.05) is 6.61 Å². The summed E-state index contributed by atoms with van der Waals surface area (Å²) in [5, 5.41) is 0. The van der Waals surface area contributed by atoms with E-state index in [2.05, 4.69) is 59.8 Å². The predicted molar refractivity (Wildman–Crippen MR) is 110 cm³/mol. The zero-order valence-corrected chi connectivity index (χ0v) is 17.3. The van der Waals surface area contributed by atoms with Crippen LogP contribution in [0.25, 0.3) is 0 Å². The summed E-state index contributed by atoms with van der Waals surface area (Å²) in [6, 6.07) is 4.71. The van der Waals surface area contributed by atoms with E-state index in [1.165, 1.54) is 48.8 Å². The lowest BCUT2D eigenvalue weighted by molar-refractivity contribution is 0.296. The van der Waals surface area contributed by atoms with Crippen molar-refractivity contribution in [1.29, 1.82) is 0 Å². The molecule has 0 N–H and O–H groups in total. The van der Waals surface area contributed by atoms with E-state index in [-0.39, 0.29) is 0 Å². The van der Waals surface area contributed by atoms with Crippen molar-refractivity contribution < 1.29 is 4.74 Å². The molecule has 140 valence electrons. The zero-order chi connectivity index (χ0) is 18.4. The molecule has 1 nitrogen and oxygen atoms in total. The van der Waals surface area contributed by atoms with Crippen LogP contribution in [0, 0.1) is 12.8 Å². The second kappa shape index (κ2) is 9.46. The summed E-state index contributed by atoms with van der Waals surface area (Å²) in [4.78, 5) is 0. The highest BCUT2D eigenvalue weighted by Crippen LogP contribution is 2.47. The van der Waals surface area contributed by atoms with Gasteiger partial charge in [0.05, 0.1) is 6.61 Å². The topological polar surface area (TPSA) is 9.23 Å². The first-order valence-electron chi connectivity index (χ1n) is 10.3. The van der Waals surface area contributed by atoms with Crippen molar-refractivity contribution in [1.82, 2.24) is 0 Å². The molecular weight excluding hydrogens is 304 g/mol. The molecule has 0 bridgehead atoms. The van der Waals surface area contributed by atoms with Gasteiger partial charge in [-0.1, -0.05) is 44.9 Å². The van der Waals surface area contributed by atoms with Crippen molar-refractivity contribution in [2.24, 2.45) is 5.92 Å². The molecule has 0 spiro atoms. The van der Waals surface area contributed by atoms with E-state index in [9.17, 15) is 0 Å². The number of allylic oxidation sites excluding steroid dienone is 2. The van der Waals surface area contributed by atoms with E-state index >= 15 is 0 Å². The van der Waals surface area contributed by atoms with Crippen LogP contribution < -0.4 is 4.74 Å². The lowest BCUT2D eigenvalue weighted by atomic mass is 9.71. The third-order valence-corrected chi connectivity index (χ3v) is 5.74. The molecule has 25 heavy (non-hydrogen) atoms. The molecule has 0 saturated carbocycles. The molecule has 1 aliphatic rings. The summed E-state index contributed by atoms with van der Waals surface area (Å²) in [7, 11) is 0. The van der Waals surface area contributed by atoms with E-state index in [0.29, 0.717) is 11.8 Å². The Hall–Kier alpha value is -1.24. The number of ether oxygens (including phenoxy) is 1. The summed E-state index contributed by atoms with van der Waals surface area (Å²) in [6.07, 6.45) is 9.81. The molecule has 0 radical (unpaired) electrons. The molecule has 0 fully saturated rings. The number of rotatable bonds is 8. The average Bonchev–Trinajstić information content (AvgIpc) is 2.54. The smallest absolute Gasteiger partial charge is 0.123 e. The van der Waals surface area contributed by atoms with E-state index in [1.54, 1.807) is 5.56 Å². The SMILES string of the molecule is CCCCOc1cc(C)cc2c1[C@H](C)CC[C@H]2[C@@H](C)CCC=C(C)C. The predicted octanol–water partition coefficient (Wildman–Crippen LogP) is 7.54. The number of unbranched alkanes of at least 4 members (excludes halogenated alkanes) is 1. The van der Waals surface area contributed by atoms with Crippen molar-refractivity contribution in [2.45, 2.75) is 91.9 Å². The molecule has 0 heterocycles. The maximum absolute atomic E-state index is 6.23. The van der Waals surface area contributed by atoms with Gasteiger partial charge < -0.3 is 4.74 Å². The van der Waals surface area contributed by atoms with Crippen LogP contribution in [0.2, 0.25) is 0 Å². The van der Waals surface area contributed by atoms with Gasteiger partial charge in [0, 0.05) is 5.56 Å². The molecule has 1 aromatic carbocycles. The maximum atomic E-state index is 6.23. The molecule has 0 aliphatic heterocycles. The third-order valence-electron chi connectivity index (χ3n) is 5.74. The fourth-order valence-corrected chi connectivity index (χ4v) is 4.23. The van der Waals surface area contributed by atoms with Gasteiger partial charge in [0.1, 0.15) is 5.75 Å². The van der Waals surface area contributed by atoms with Crippen molar-refractivity contribution >= 4 is 0 Å². The highest BCUT2D eigenvalue weighted by atomic mass is 16.5. The van der Waals surface area contributed by atoms with E-state index < -0.39 is 0 Å². The van der Waals surface area contributed by atoms with E-state index in [4.69, 9.17) is 4.74 Å². The molecule has 0 amide bonds. The number of benzene rings is 1. The van der Waals surface area contributed by atoms with Gasteiger partial charge in [-0.15, -0.1) is 0 Å². The minimum Gasteiger partial charge on any atom is -0.493 e. The number of hydrogen-bond donors (Lipinski definition) is 0. The van der Waals surface area contributed by atoms with Gasteiger partial charge in [-0.25, -0.2) is 0 Å². The highest BCUT2D eigenvalue weighted by molar-refractivity contribution is 5.49. The average molecular weight is 343 g/mol. The Balaban J connectivity index is 2.25. The Bertz CT molecular complexity index is 580. The van der Waals surface area contributed by atoms with Crippen LogP contribution in [0.1, 0.15) is 102 Å². The maximum Gasteiger partial charge on any atom is 0.123 e. The van der Waals surface area contributed by atoms with Gasteiger partial charge in [-0.2, -0.15) is 0 Å². The van der Waals surface area contributed by atoms with Crippen LogP contribution in [0.15, 0.2) is 23.8 Å². The van der Waals surface area contributed by atoms with Crippen LogP contribution in [-0.2, 0) is 0 Å². The zero-order valence-electron chi connectivity index (χ0n) is 17.3. The van der Waals surface area contributed by atoms with Crippen molar-refractivity contribution in [3.8, 4) is 5.75 Å². The molecule has 1 heteroatoms. The number of aryl methyl sites for hydroxylation is 1. The number of hydrogen-bond acceptors (Lipinski definition) is 1. The quantitative estimate of drug-likeness (QED) is 0.350. The standard InChI is InChI=1S/C24H38O/c1-7-8-14-25-23-16-18(4)15-22-21(13-12-20(6)24(22)23)19(5)11-9-10-17(2)3/h10,15-16,19-21H,7-9,11-14H2,1-6H3/t19-,20+,21-/m0/s1. The molecule has 1 aromatic rings. The second-order valence-electron chi connectivity index (χ2n) is 8.39. The van der Waals surface area contributed by atoms with Crippen molar-refractivity contribution in [3.05, 3.63) is 40.5 Å². The fourth-order valence-electron chi connectivity index (χ4n) is 4.23. The van der Waals surface area contributed by atoms with Crippen molar-refractivity contribution in [3.63, 3.8) is 0 Å². The summed E-state index contributed by atoms with van der Waals surface area (Å²) < 4.78 is 6.23. The molecule has 3 atom stereocenters. The molecule has 1 aliphatic carbocycles. The van der Waals surface area contributed by atoms with Gasteiger partial charge in [-0.3, -0.25) is 0 Å².